The molecule has 3 nitrogen and oxygen atoms in total. The van der Waals surface area contributed by atoms with Crippen LogP contribution in [0.1, 0.15) is 65.5 Å². The van der Waals surface area contributed by atoms with Gasteiger partial charge in [-0.2, -0.15) is 18.4 Å². The molecule has 2 aromatic carbocycles. The minimum absolute atomic E-state index is 0.0165. The third-order valence-electron chi connectivity index (χ3n) is 6.56. The van der Waals surface area contributed by atoms with Gasteiger partial charge < -0.3 is 4.74 Å². The zero-order valence-electron chi connectivity index (χ0n) is 19.9. The molecule has 4 rings (SSSR count). The van der Waals surface area contributed by atoms with Gasteiger partial charge in [0.05, 0.1) is 18.2 Å². The molecule has 0 unspecified atom stereocenters. The van der Waals surface area contributed by atoms with Gasteiger partial charge in [-0.15, -0.1) is 0 Å². The molecule has 0 spiro atoms. The van der Waals surface area contributed by atoms with Crippen molar-refractivity contribution in [2.75, 3.05) is 20.2 Å². The predicted molar refractivity (Wildman–Crippen MR) is 134 cm³/mol. The summed E-state index contributed by atoms with van der Waals surface area (Å²) in [6, 6.07) is 10.4. The van der Waals surface area contributed by atoms with E-state index in [1.165, 1.54) is 25.3 Å². The van der Waals surface area contributed by atoms with Gasteiger partial charge in [-0.1, -0.05) is 55.0 Å². The average Bonchev–Trinajstić information content (AvgIpc) is 2.88. The lowest BCUT2D eigenvalue weighted by molar-refractivity contribution is -0.137. The standard InChI is InChI=1S/C29H29F3N2O/c1-35-28-18-23(27(29(30,31)32)17-24(28)20-34-15-6-3-7-16-34)14-13-22-11-8-12-25(26(22)19-33)21-9-4-2-5-10-21/h4,8-14,17-18H,2-3,5-7,15-16,20H2,1H3/b14-13+. The smallest absolute Gasteiger partial charge is 0.417 e. The molecule has 1 fully saturated rings. The Kier molecular flexibility index (Phi) is 7.77. The second kappa shape index (κ2) is 11.0. The molecule has 0 atom stereocenters. The van der Waals surface area contributed by atoms with E-state index >= 15 is 0 Å². The molecule has 6 heteroatoms. The van der Waals surface area contributed by atoms with Gasteiger partial charge in [-0.05, 0) is 73.2 Å². The van der Waals surface area contributed by atoms with Crippen LogP contribution in [-0.2, 0) is 12.7 Å². The maximum Gasteiger partial charge on any atom is 0.417 e. The molecule has 0 saturated carbocycles. The summed E-state index contributed by atoms with van der Waals surface area (Å²) in [7, 11) is 1.48. The fraction of sp³-hybridized carbons (Fsp3) is 0.345. The molecule has 0 radical (unpaired) electrons. The van der Waals surface area contributed by atoms with Crippen molar-refractivity contribution >= 4 is 17.7 Å². The van der Waals surface area contributed by atoms with Gasteiger partial charge in [0.15, 0.2) is 0 Å². The maximum absolute atomic E-state index is 14.1. The average molecular weight is 479 g/mol. The van der Waals surface area contributed by atoms with Gasteiger partial charge >= 0.3 is 6.18 Å². The number of benzene rings is 2. The van der Waals surface area contributed by atoms with Crippen LogP contribution < -0.4 is 4.74 Å². The summed E-state index contributed by atoms with van der Waals surface area (Å²) in [5, 5.41) is 9.85. The topological polar surface area (TPSA) is 36.3 Å². The molecular formula is C29H29F3N2O. The Bertz CT molecular complexity index is 1200. The molecule has 2 aliphatic rings. The van der Waals surface area contributed by atoms with E-state index in [-0.39, 0.29) is 5.56 Å². The summed E-state index contributed by atoms with van der Waals surface area (Å²) < 4.78 is 47.7. The lowest BCUT2D eigenvalue weighted by Crippen LogP contribution is -2.29. The van der Waals surface area contributed by atoms with Crippen molar-refractivity contribution in [2.24, 2.45) is 0 Å². The number of hydrogen-bond acceptors (Lipinski definition) is 3. The van der Waals surface area contributed by atoms with E-state index in [4.69, 9.17) is 4.74 Å². The zero-order valence-corrected chi connectivity index (χ0v) is 19.9. The second-order valence-electron chi connectivity index (χ2n) is 8.94. The van der Waals surface area contributed by atoms with E-state index in [0.29, 0.717) is 29.0 Å². The normalized spacial score (nSPS) is 16.8. The molecular weight excluding hydrogens is 449 g/mol. The van der Waals surface area contributed by atoms with Crippen LogP contribution in [0.3, 0.4) is 0 Å². The van der Waals surface area contributed by atoms with E-state index in [9.17, 15) is 18.4 Å². The van der Waals surface area contributed by atoms with E-state index in [0.717, 1.165) is 56.3 Å². The molecule has 1 heterocycles. The number of nitriles is 1. The van der Waals surface area contributed by atoms with E-state index in [1.54, 1.807) is 12.1 Å². The number of hydrogen-bond donors (Lipinski definition) is 0. The Morgan fingerprint density at radius 2 is 1.83 bits per heavy atom. The summed E-state index contributed by atoms with van der Waals surface area (Å²) in [5.41, 5.74) is 2.63. The van der Waals surface area contributed by atoms with Crippen LogP contribution in [0.5, 0.6) is 5.75 Å². The van der Waals surface area contributed by atoms with Crippen LogP contribution in [0.15, 0.2) is 48.6 Å². The molecule has 0 N–H and O–H groups in total. The number of methoxy groups -OCH3 is 1. The molecule has 0 bridgehead atoms. The van der Waals surface area contributed by atoms with Gasteiger partial charge in [0.25, 0.3) is 0 Å². The van der Waals surface area contributed by atoms with Crippen LogP contribution in [0.25, 0.3) is 17.7 Å². The molecule has 0 aromatic heterocycles. The van der Waals surface area contributed by atoms with Crippen molar-refractivity contribution in [3.05, 3.63) is 81.9 Å². The first-order chi connectivity index (χ1) is 16.9. The number of nitrogens with zero attached hydrogens (tertiary/aromatic N) is 2. The van der Waals surface area contributed by atoms with Crippen LogP contribution in [-0.4, -0.2) is 25.1 Å². The van der Waals surface area contributed by atoms with Crippen molar-refractivity contribution in [2.45, 2.75) is 44.8 Å². The third kappa shape index (κ3) is 5.86. The Balaban J connectivity index is 1.72. The molecule has 182 valence electrons. The highest BCUT2D eigenvalue weighted by atomic mass is 19.4. The van der Waals surface area contributed by atoms with Crippen LogP contribution in [0.2, 0.25) is 0 Å². The molecule has 35 heavy (non-hydrogen) atoms. The minimum Gasteiger partial charge on any atom is -0.496 e. The van der Waals surface area contributed by atoms with Crippen LogP contribution >= 0.6 is 0 Å². The Hall–Kier alpha value is -3.30. The fourth-order valence-corrected chi connectivity index (χ4v) is 4.76. The first-order valence-electron chi connectivity index (χ1n) is 12.0. The third-order valence-corrected chi connectivity index (χ3v) is 6.56. The summed E-state index contributed by atoms with van der Waals surface area (Å²) in [6.07, 6.45) is 9.76. The second-order valence-corrected chi connectivity index (χ2v) is 8.94. The molecule has 1 aliphatic carbocycles. The lowest BCUT2D eigenvalue weighted by Gasteiger charge is -2.27. The van der Waals surface area contributed by atoms with Gasteiger partial charge in [-0.25, -0.2) is 0 Å². The Morgan fingerprint density at radius 1 is 1.06 bits per heavy atom. The van der Waals surface area contributed by atoms with E-state index < -0.39 is 11.7 Å². The van der Waals surface area contributed by atoms with Crippen molar-refractivity contribution in [1.82, 2.24) is 4.90 Å². The van der Waals surface area contributed by atoms with Crippen molar-refractivity contribution in [3.63, 3.8) is 0 Å². The van der Waals surface area contributed by atoms with Gasteiger partial charge in [0.2, 0.25) is 0 Å². The maximum atomic E-state index is 14.1. The van der Waals surface area contributed by atoms with Crippen LogP contribution in [0.4, 0.5) is 13.2 Å². The highest BCUT2D eigenvalue weighted by molar-refractivity contribution is 5.83. The van der Waals surface area contributed by atoms with Gasteiger partial charge in [0.1, 0.15) is 11.8 Å². The number of rotatable bonds is 6. The monoisotopic (exact) mass is 478 g/mol. The lowest BCUT2D eigenvalue weighted by atomic mass is 9.92. The predicted octanol–water partition coefficient (Wildman–Crippen LogP) is 7.48. The van der Waals surface area contributed by atoms with Crippen LogP contribution in [0, 0.1) is 11.3 Å². The SMILES string of the molecule is COc1cc(/C=C/c2cccc(C3=CCCC=C3)c2C#N)c(C(F)(F)F)cc1CN1CCCCC1. The molecule has 2 aromatic rings. The van der Waals surface area contributed by atoms with Gasteiger partial charge in [0, 0.05) is 12.1 Å². The Labute approximate surface area is 204 Å². The molecule has 1 aliphatic heterocycles. The summed E-state index contributed by atoms with van der Waals surface area (Å²) in [6.45, 7) is 2.19. The summed E-state index contributed by atoms with van der Waals surface area (Å²) in [5.74, 6) is 0.440. The fourth-order valence-electron chi connectivity index (χ4n) is 4.76. The van der Waals surface area contributed by atoms with E-state index in [2.05, 4.69) is 23.1 Å². The van der Waals surface area contributed by atoms with Crippen molar-refractivity contribution < 1.29 is 17.9 Å². The molecule has 1 saturated heterocycles. The first-order valence-corrected chi connectivity index (χ1v) is 12.0. The first kappa shape index (κ1) is 24.8. The summed E-state index contributed by atoms with van der Waals surface area (Å²) >= 11 is 0. The quantitative estimate of drug-likeness (QED) is 0.404. The number of piperidine rings is 1. The molecule has 0 amide bonds. The largest absolute Gasteiger partial charge is 0.496 e. The Morgan fingerprint density at radius 3 is 2.49 bits per heavy atom. The van der Waals surface area contributed by atoms with Gasteiger partial charge in [-0.3, -0.25) is 4.90 Å². The number of ether oxygens (including phenoxy) is 1. The number of alkyl halides is 3. The van der Waals surface area contributed by atoms with E-state index in [1.807, 2.05) is 18.2 Å². The zero-order chi connectivity index (χ0) is 24.8. The highest BCUT2D eigenvalue weighted by Gasteiger charge is 2.34. The van der Waals surface area contributed by atoms with Crippen molar-refractivity contribution in [3.8, 4) is 11.8 Å². The van der Waals surface area contributed by atoms with Crippen molar-refractivity contribution in [1.29, 1.82) is 5.26 Å². The number of halogens is 3. The number of allylic oxidation sites excluding steroid dienone is 4. The highest BCUT2D eigenvalue weighted by Crippen LogP contribution is 2.38. The summed E-state index contributed by atoms with van der Waals surface area (Å²) in [4.78, 5) is 2.18. The number of likely N-dealkylation sites (tertiary alicyclic amines) is 1. The minimum atomic E-state index is -4.51.